The van der Waals surface area contributed by atoms with E-state index in [2.05, 4.69) is 15.3 Å². The molecule has 0 bridgehead atoms. The molecule has 9 nitrogen and oxygen atoms in total. The fraction of sp³-hybridized carbons (Fsp3) is 0.391. The third-order valence-electron chi connectivity index (χ3n) is 6.23. The highest BCUT2D eigenvalue weighted by Crippen LogP contribution is 2.35. The van der Waals surface area contributed by atoms with Gasteiger partial charge in [-0.25, -0.2) is 13.4 Å². The van der Waals surface area contributed by atoms with Gasteiger partial charge in [-0.3, -0.25) is 9.59 Å². The zero-order valence-corrected chi connectivity index (χ0v) is 19.1. The average Bonchev–Trinajstić information content (AvgIpc) is 3.29. The van der Waals surface area contributed by atoms with E-state index >= 15 is 0 Å². The van der Waals surface area contributed by atoms with Crippen molar-refractivity contribution in [2.45, 2.75) is 32.1 Å². The number of hydrogen-bond acceptors (Lipinski definition) is 6. The number of allylic oxidation sites excluding steroid dienone is 1. The molecule has 0 saturated carbocycles. The van der Waals surface area contributed by atoms with Crippen LogP contribution in [0.1, 0.15) is 59.5 Å². The molecule has 0 unspecified atom stereocenters. The lowest BCUT2D eigenvalue weighted by Gasteiger charge is -2.32. The van der Waals surface area contributed by atoms with Crippen molar-refractivity contribution >= 4 is 32.9 Å². The summed E-state index contributed by atoms with van der Waals surface area (Å²) in [6.45, 7) is 2.99. The SMILES string of the molecule is CC(=O)N1CCC(c2ccc(NC(=O)c3ncc(C#N)[nH]3)c(C3=CCS(=O)(=O)CC3)c2)CC1. The molecule has 0 atom stereocenters. The van der Waals surface area contributed by atoms with Crippen molar-refractivity contribution in [1.29, 1.82) is 5.26 Å². The van der Waals surface area contributed by atoms with E-state index < -0.39 is 15.7 Å². The van der Waals surface area contributed by atoms with E-state index in [1.807, 2.05) is 29.2 Å². The van der Waals surface area contributed by atoms with Crippen molar-refractivity contribution in [1.82, 2.24) is 14.9 Å². The van der Waals surface area contributed by atoms with E-state index in [0.717, 1.165) is 29.5 Å². The Morgan fingerprint density at radius 1 is 1.27 bits per heavy atom. The summed E-state index contributed by atoms with van der Waals surface area (Å²) in [6, 6.07) is 7.73. The Balaban J connectivity index is 1.63. The molecule has 3 heterocycles. The number of aromatic nitrogens is 2. The van der Waals surface area contributed by atoms with Gasteiger partial charge >= 0.3 is 0 Å². The molecule has 1 fully saturated rings. The van der Waals surface area contributed by atoms with Gasteiger partial charge in [0.05, 0.1) is 17.7 Å². The first-order valence-corrected chi connectivity index (χ1v) is 12.6. The first-order valence-electron chi connectivity index (χ1n) is 10.8. The molecule has 1 saturated heterocycles. The maximum atomic E-state index is 12.7. The number of imidazole rings is 1. The molecule has 0 spiro atoms. The Bertz CT molecular complexity index is 1260. The number of carbonyl (C=O) groups is 2. The van der Waals surface area contributed by atoms with Crippen molar-refractivity contribution < 1.29 is 18.0 Å². The van der Waals surface area contributed by atoms with Crippen molar-refractivity contribution in [2.75, 3.05) is 29.9 Å². The van der Waals surface area contributed by atoms with Crippen LogP contribution < -0.4 is 5.32 Å². The number of carbonyl (C=O) groups excluding carboxylic acids is 2. The number of H-pyrrole nitrogens is 1. The standard InChI is InChI=1S/C23H25N5O4S/c1-15(29)28-8-4-16(5-9-28)18-2-3-21(27-23(30)22-25-14-19(13-24)26-22)20(12-18)17-6-10-33(31,32)11-7-17/h2-3,6,12,14,16H,4-5,7-11H2,1H3,(H,25,26)(H,27,30). The molecule has 2 amide bonds. The van der Waals surface area contributed by atoms with E-state index in [1.54, 1.807) is 13.0 Å². The molecule has 2 aliphatic heterocycles. The second-order valence-corrected chi connectivity index (χ2v) is 10.6. The predicted octanol–water partition coefficient (Wildman–Crippen LogP) is 2.46. The number of sulfone groups is 1. The van der Waals surface area contributed by atoms with Crippen LogP contribution in [-0.4, -0.2) is 59.7 Å². The Labute approximate surface area is 192 Å². The zero-order valence-electron chi connectivity index (χ0n) is 18.3. The van der Waals surface area contributed by atoms with E-state index in [1.165, 1.54) is 6.20 Å². The van der Waals surface area contributed by atoms with Crippen LogP contribution in [0, 0.1) is 11.3 Å². The van der Waals surface area contributed by atoms with Gasteiger partial charge in [0.25, 0.3) is 5.91 Å². The van der Waals surface area contributed by atoms with E-state index in [9.17, 15) is 18.0 Å². The highest BCUT2D eigenvalue weighted by molar-refractivity contribution is 7.91. The normalized spacial score (nSPS) is 18.3. The van der Waals surface area contributed by atoms with Gasteiger partial charge < -0.3 is 15.2 Å². The van der Waals surface area contributed by atoms with Gasteiger partial charge in [0, 0.05) is 31.3 Å². The maximum absolute atomic E-state index is 12.7. The summed E-state index contributed by atoms with van der Waals surface area (Å²) in [5.41, 5.74) is 3.51. The number of amides is 2. The largest absolute Gasteiger partial charge is 0.343 e. The Morgan fingerprint density at radius 2 is 2.03 bits per heavy atom. The molecule has 4 rings (SSSR count). The van der Waals surface area contributed by atoms with Crippen LogP contribution in [-0.2, 0) is 14.6 Å². The molecule has 0 radical (unpaired) electrons. The van der Waals surface area contributed by atoms with Gasteiger partial charge in [-0.1, -0.05) is 12.1 Å². The van der Waals surface area contributed by atoms with Gasteiger partial charge in [-0.05, 0) is 48.4 Å². The van der Waals surface area contributed by atoms with Crippen LogP contribution in [0.5, 0.6) is 0 Å². The van der Waals surface area contributed by atoms with Crippen LogP contribution in [0.4, 0.5) is 5.69 Å². The molecule has 33 heavy (non-hydrogen) atoms. The third kappa shape index (κ3) is 5.14. The maximum Gasteiger partial charge on any atom is 0.291 e. The third-order valence-corrected chi connectivity index (χ3v) is 7.73. The second-order valence-electron chi connectivity index (χ2n) is 8.39. The molecule has 2 aromatic rings. The zero-order chi connectivity index (χ0) is 23.6. The van der Waals surface area contributed by atoms with Crippen LogP contribution in [0.25, 0.3) is 5.57 Å². The summed E-state index contributed by atoms with van der Waals surface area (Å²) in [5, 5.41) is 11.8. The van der Waals surface area contributed by atoms with E-state index in [4.69, 9.17) is 5.26 Å². The first kappa shape index (κ1) is 22.7. The average molecular weight is 468 g/mol. The van der Waals surface area contributed by atoms with Gasteiger partial charge in [-0.15, -0.1) is 0 Å². The molecule has 1 aromatic heterocycles. The summed E-state index contributed by atoms with van der Waals surface area (Å²) >= 11 is 0. The van der Waals surface area contributed by atoms with Crippen LogP contribution in [0.3, 0.4) is 0 Å². The fourth-order valence-electron chi connectivity index (χ4n) is 4.32. The van der Waals surface area contributed by atoms with Gasteiger partial charge in [0.2, 0.25) is 5.91 Å². The van der Waals surface area contributed by atoms with Gasteiger partial charge in [-0.2, -0.15) is 5.26 Å². The molecular formula is C23H25N5O4S. The lowest BCUT2D eigenvalue weighted by atomic mass is 9.86. The number of nitriles is 1. The van der Waals surface area contributed by atoms with Gasteiger partial charge in [0.1, 0.15) is 11.8 Å². The molecule has 10 heteroatoms. The van der Waals surface area contributed by atoms with Crippen molar-refractivity contribution in [2.24, 2.45) is 0 Å². The second kappa shape index (κ2) is 9.19. The number of nitrogens with one attached hydrogen (secondary N) is 2. The Kier molecular flexibility index (Phi) is 6.33. The molecular weight excluding hydrogens is 442 g/mol. The van der Waals surface area contributed by atoms with E-state index in [-0.39, 0.29) is 34.8 Å². The smallest absolute Gasteiger partial charge is 0.291 e. The molecule has 2 N–H and O–H groups in total. The lowest BCUT2D eigenvalue weighted by Crippen LogP contribution is -2.36. The number of hydrogen-bond donors (Lipinski definition) is 2. The highest BCUT2D eigenvalue weighted by atomic mass is 32.2. The number of rotatable bonds is 4. The number of nitrogens with zero attached hydrogens (tertiary/aromatic N) is 3. The van der Waals surface area contributed by atoms with Crippen molar-refractivity contribution in [3.8, 4) is 6.07 Å². The predicted molar refractivity (Wildman–Crippen MR) is 123 cm³/mol. The summed E-state index contributed by atoms with van der Waals surface area (Å²) in [4.78, 5) is 32.8. The molecule has 2 aliphatic rings. The Hall–Kier alpha value is -3.45. The lowest BCUT2D eigenvalue weighted by molar-refractivity contribution is -0.129. The summed E-state index contributed by atoms with van der Waals surface area (Å²) in [6.07, 6.45) is 5.08. The number of aromatic amines is 1. The van der Waals surface area contributed by atoms with Crippen molar-refractivity contribution in [3.05, 3.63) is 53.1 Å². The summed E-state index contributed by atoms with van der Waals surface area (Å²) in [5.74, 6) is -0.0566. The number of likely N-dealkylation sites (tertiary alicyclic amines) is 1. The Morgan fingerprint density at radius 3 is 2.64 bits per heavy atom. The van der Waals surface area contributed by atoms with E-state index in [0.29, 0.717) is 25.2 Å². The minimum absolute atomic E-state index is 0.0263. The monoisotopic (exact) mass is 467 g/mol. The van der Waals surface area contributed by atoms with Gasteiger partial charge in [0.15, 0.2) is 15.7 Å². The quantitative estimate of drug-likeness (QED) is 0.709. The van der Waals surface area contributed by atoms with Crippen molar-refractivity contribution in [3.63, 3.8) is 0 Å². The first-order chi connectivity index (χ1) is 15.8. The highest BCUT2D eigenvalue weighted by Gasteiger charge is 2.25. The summed E-state index contributed by atoms with van der Waals surface area (Å²) in [7, 11) is -3.09. The molecule has 0 aliphatic carbocycles. The molecule has 1 aromatic carbocycles. The summed E-state index contributed by atoms with van der Waals surface area (Å²) < 4.78 is 23.8. The van der Waals surface area contributed by atoms with Crippen LogP contribution in [0.2, 0.25) is 0 Å². The number of benzene rings is 1. The van der Waals surface area contributed by atoms with Crippen LogP contribution >= 0.6 is 0 Å². The van der Waals surface area contributed by atoms with Crippen LogP contribution in [0.15, 0.2) is 30.5 Å². The topological polar surface area (TPSA) is 136 Å². The number of piperidine rings is 1. The fourth-order valence-corrected chi connectivity index (χ4v) is 5.47. The minimum Gasteiger partial charge on any atom is -0.343 e. The molecule has 172 valence electrons. The number of anilines is 1. The minimum atomic E-state index is -3.09.